The molecule has 0 aromatic heterocycles. The van der Waals surface area contributed by atoms with Crippen molar-refractivity contribution >= 4 is 11.5 Å². The first kappa shape index (κ1) is 22.5. The van der Waals surface area contributed by atoms with Crippen molar-refractivity contribution in [2.24, 2.45) is 10.6 Å². The van der Waals surface area contributed by atoms with E-state index >= 15 is 0 Å². The number of carbonyl (C=O) groups is 1. The first-order valence-electron chi connectivity index (χ1n) is 9.06. The number of hydrogen-bond donors (Lipinski definition) is 0. The van der Waals surface area contributed by atoms with Gasteiger partial charge in [0.25, 0.3) is 0 Å². The lowest BCUT2D eigenvalue weighted by molar-refractivity contribution is -0.137. The Morgan fingerprint density at radius 1 is 0.966 bits per heavy atom. The third-order valence-corrected chi connectivity index (χ3v) is 4.19. The number of Topliss-reactive ketones (excluding diaryl/α,β-unsaturated/α-hetero) is 1. The molecule has 0 radical (unpaired) electrons. The number of benzene rings is 2. The van der Waals surface area contributed by atoms with E-state index in [0.29, 0.717) is 17.0 Å². The van der Waals surface area contributed by atoms with Gasteiger partial charge in [0.15, 0.2) is 5.78 Å². The normalized spacial score (nSPS) is 12.6. The summed E-state index contributed by atoms with van der Waals surface area (Å²) in [6, 6.07) is 11.8. The van der Waals surface area contributed by atoms with Crippen LogP contribution in [-0.2, 0) is 22.4 Å². The average molecular weight is 407 g/mol. The molecule has 0 bridgehead atoms. The van der Waals surface area contributed by atoms with Crippen molar-refractivity contribution in [3.63, 3.8) is 0 Å². The van der Waals surface area contributed by atoms with Gasteiger partial charge < -0.3 is 9.57 Å². The van der Waals surface area contributed by atoms with Gasteiger partial charge in [-0.05, 0) is 54.4 Å². The molecule has 4 nitrogen and oxygen atoms in total. The molecular weight excluding hydrogens is 383 g/mol. The van der Waals surface area contributed by atoms with Gasteiger partial charge >= 0.3 is 6.18 Å². The van der Waals surface area contributed by atoms with E-state index in [1.165, 1.54) is 12.1 Å². The minimum Gasteiger partial charge on any atom is -0.486 e. The van der Waals surface area contributed by atoms with Gasteiger partial charge in [-0.3, -0.25) is 4.79 Å². The molecule has 0 spiro atoms. The fraction of sp³-hybridized carbons (Fsp3) is 0.364. The lowest BCUT2D eigenvalue weighted by Gasteiger charge is -2.16. The number of hydrogen-bond acceptors (Lipinski definition) is 4. The van der Waals surface area contributed by atoms with Crippen LogP contribution < -0.4 is 4.74 Å². The van der Waals surface area contributed by atoms with E-state index in [2.05, 4.69) is 5.16 Å². The predicted octanol–water partition coefficient (Wildman–Crippen LogP) is 5.64. The highest BCUT2D eigenvalue weighted by Gasteiger charge is 2.29. The van der Waals surface area contributed by atoms with Crippen molar-refractivity contribution < 1.29 is 27.5 Å². The highest BCUT2D eigenvalue weighted by atomic mass is 19.4. The topological polar surface area (TPSA) is 47.9 Å². The van der Waals surface area contributed by atoms with Gasteiger partial charge in [-0.1, -0.05) is 38.1 Å². The molecule has 0 atom stereocenters. The zero-order valence-corrected chi connectivity index (χ0v) is 16.8. The lowest BCUT2D eigenvalue weighted by Crippen LogP contribution is -2.26. The van der Waals surface area contributed by atoms with Crippen LogP contribution in [0.15, 0.2) is 53.7 Å². The maximum Gasteiger partial charge on any atom is 0.416 e. The van der Waals surface area contributed by atoms with Crippen LogP contribution in [-0.4, -0.2) is 18.1 Å². The Labute approximate surface area is 168 Å². The number of nitrogens with zero attached hydrogens (tertiary/aromatic N) is 1. The second kappa shape index (κ2) is 9.11. The van der Waals surface area contributed by atoms with Crippen LogP contribution >= 0.6 is 0 Å². The SMILES string of the molecule is CC(=NOCc1ccc(C(F)(F)F)cc1)c1ccc(OCC(=O)C(C)(C)C)cc1. The highest BCUT2D eigenvalue weighted by molar-refractivity contribution is 5.98. The molecule has 0 aliphatic carbocycles. The highest BCUT2D eigenvalue weighted by Crippen LogP contribution is 2.29. The fourth-order valence-corrected chi connectivity index (χ4v) is 2.20. The van der Waals surface area contributed by atoms with Crippen molar-refractivity contribution in [3.05, 3.63) is 65.2 Å². The van der Waals surface area contributed by atoms with Crippen LogP contribution in [0.25, 0.3) is 0 Å². The molecule has 0 unspecified atom stereocenters. The van der Waals surface area contributed by atoms with Gasteiger partial charge in [-0.25, -0.2) is 0 Å². The molecule has 0 N–H and O–H groups in total. The third kappa shape index (κ3) is 6.93. The van der Waals surface area contributed by atoms with Gasteiger partial charge in [0.1, 0.15) is 19.0 Å². The standard InChI is InChI=1S/C22H24F3NO3/c1-15(26-29-13-16-5-9-18(10-6-16)22(23,24)25)17-7-11-19(12-8-17)28-14-20(27)21(2,3)4/h5-12H,13-14H2,1-4H3. The molecule has 2 rings (SSSR count). The number of oxime groups is 1. The molecule has 2 aromatic carbocycles. The van der Waals surface area contributed by atoms with E-state index in [1.807, 2.05) is 20.8 Å². The quantitative estimate of drug-likeness (QED) is 0.441. The molecule has 0 saturated carbocycles. The smallest absolute Gasteiger partial charge is 0.416 e. The van der Waals surface area contributed by atoms with E-state index in [0.717, 1.165) is 17.7 Å². The van der Waals surface area contributed by atoms with Crippen molar-refractivity contribution in [1.29, 1.82) is 0 Å². The van der Waals surface area contributed by atoms with Gasteiger partial charge in [0, 0.05) is 5.41 Å². The van der Waals surface area contributed by atoms with Gasteiger partial charge in [-0.15, -0.1) is 0 Å². The molecule has 29 heavy (non-hydrogen) atoms. The maximum atomic E-state index is 12.6. The molecule has 0 aliphatic rings. The minimum atomic E-state index is -4.36. The summed E-state index contributed by atoms with van der Waals surface area (Å²) in [5.74, 6) is 0.584. The largest absolute Gasteiger partial charge is 0.486 e. The molecular formula is C22H24F3NO3. The Morgan fingerprint density at radius 3 is 2.07 bits per heavy atom. The molecule has 7 heteroatoms. The molecule has 0 heterocycles. The Balaban J connectivity index is 1.89. The Hall–Kier alpha value is -2.83. The number of carbonyl (C=O) groups excluding carboxylic acids is 1. The van der Waals surface area contributed by atoms with Crippen molar-refractivity contribution in [3.8, 4) is 5.75 Å². The zero-order valence-electron chi connectivity index (χ0n) is 16.8. The first-order valence-corrected chi connectivity index (χ1v) is 9.06. The number of ketones is 1. The van der Waals surface area contributed by atoms with Crippen LogP contribution in [0.2, 0.25) is 0 Å². The molecule has 0 aliphatic heterocycles. The monoisotopic (exact) mass is 407 g/mol. The molecule has 0 fully saturated rings. The molecule has 0 amide bonds. The summed E-state index contributed by atoms with van der Waals surface area (Å²) >= 11 is 0. The van der Waals surface area contributed by atoms with Crippen LogP contribution in [0.5, 0.6) is 5.75 Å². The van der Waals surface area contributed by atoms with E-state index < -0.39 is 17.2 Å². The van der Waals surface area contributed by atoms with Gasteiger partial charge in [0.2, 0.25) is 0 Å². The molecule has 0 saturated heterocycles. The second-order valence-electron chi connectivity index (χ2n) is 7.63. The van der Waals surface area contributed by atoms with Crippen LogP contribution in [0, 0.1) is 5.41 Å². The zero-order chi connectivity index (χ0) is 21.7. The third-order valence-electron chi connectivity index (χ3n) is 4.19. The van der Waals surface area contributed by atoms with Crippen LogP contribution in [0.1, 0.15) is 44.4 Å². The summed E-state index contributed by atoms with van der Waals surface area (Å²) in [5.41, 5.74) is 0.837. The summed E-state index contributed by atoms with van der Waals surface area (Å²) in [6.45, 7) is 7.34. The summed E-state index contributed by atoms with van der Waals surface area (Å²) in [5, 5.41) is 4.00. The van der Waals surface area contributed by atoms with E-state index in [9.17, 15) is 18.0 Å². The summed E-state index contributed by atoms with van der Waals surface area (Å²) < 4.78 is 43.2. The summed E-state index contributed by atoms with van der Waals surface area (Å²) in [6.07, 6.45) is -4.36. The van der Waals surface area contributed by atoms with Crippen LogP contribution in [0.4, 0.5) is 13.2 Å². The summed E-state index contributed by atoms with van der Waals surface area (Å²) in [4.78, 5) is 17.1. The van der Waals surface area contributed by atoms with Gasteiger partial charge in [-0.2, -0.15) is 13.2 Å². The van der Waals surface area contributed by atoms with Crippen molar-refractivity contribution in [2.75, 3.05) is 6.61 Å². The van der Waals surface area contributed by atoms with E-state index in [-0.39, 0.29) is 19.0 Å². The predicted molar refractivity (Wildman–Crippen MR) is 105 cm³/mol. The van der Waals surface area contributed by atoms with E-state index in [4.69, 9.17) is 9.57 Å². The number of alkyl halides is 3. The summed E-state index contributed by atoms with van der Waals surface area (Å²) in [7, 11) is 0. The lowest BCUT2D eigenvalue weighted by atomic mass is 9.91. The minimum absolute atomic E-state index is 0.00611. The molecule has 156 valence electrons. The number of halogens is 3. The Morgan fingerprint density at radius 2 is 1.55 bits per heavy atom. The van der Waals surface area contributed by atoms with Gasteiger partial charge in [0.05, 0.1) is 11.3 Å². The van der Waals surface area contributed by atoms with Crippen molar-refractivity contribution in [2.45, 2.75) is 40.5 Å². The second-order valence-corrected chi connectivity index (χ2v) is 7.63. The fourth-order valence-electron chi connectivity index (χ4n) is 2.20. The Bertz CT molecular complexity index is 849. The van der Waals surface area contributed by atoms with E-state index in [1.54, 1.807) is 31.2 Å². The van der Waals surface area contributed by atoms with Crippen molar-refractivity contribution in [1.82, 2.24) is 0 Å². The number of rotatable bonds is 7. The number of ether oxygens (including phenoxy) is 1. The molecule has 2 aromatic rings. The van der Waals surface area contributed by atoms with Crippen LogP contribution in [0.3, 0.4) is 0 Å². The average Bonchev–Trinajstić information content (AvgIpc) is 2.65. The first-order chi connectivity index (χ1) is 13.5. The maximum absolute atomic E-state index is 12.6. The Kier molecular flexibility index (Phi) is 7.06.